The average molecular weight is 485 g/mol. The van der Waals surface area contributed by atoms with Gasteiger partial charge in [-0.3, -0.25) is 4.79 Å². The van der Waals surface area contributed by atoms with Crippen molar-refractivity contribution in [3.63, 3.8) is 0 Å². The Labute approximate surface area is 209 Å². The highest BCUT2D eigenvalue weighted by Gasteiger charge is 2.23. The van der Waals surface area contributed by atoms with Crippen molar-refractivity contribution >= 4 is 12.0 Å². The minimum absolute atomic E-state index is 0.0281. The predicted molar refractivity (Wildman–Crippen MR) is 138 cm³/mol. The molecule has 2 amide bonds. The molecule has 0 heterocycles. The molecule has 2 N–H and O–H groups in total. The van der Waals surface area contributed by atoms with Crippen LogP contribution in [0.25, 0.3) is 0 Å². The lowest BCUT2D eigenvalue weighted by Gasteiger charge is -2.31. The van der Waals surface area contributed by atoms with Crippen LogP contribution in [0.15, 0.2) is 42.5 Å². The Kier molecular flexibility index (Phi) is 11.9. The third kappa shape index (κ3) is 9.15. The van der Waals surface area contributed by atoms with Crippen molar-refractivity contribution in [2.24, 2.45) is 0 Å². The van der Waals surface area contributed by atoms with E-state index < -0.39 is 5.97 Å². The molecular weight excluding hydrogens is 444 g/mol. The van der Waals surface area contributed by atoms with E-state index in [2.05, 4.69) is 17.4 Å². The normalized spacial score (nSPS) is 11.5. The highest BCUT2D eigenvalue weighted by Crippen LogP contribution is 2.34. The van der Waals surface area contributed by atoms with E-state index in [-0.39, 0.29) is 18.5 Å². The number of carbonyl (C=O) groups excluding carboxylic acids is 1. The number of carbonyl (C=O) groups is 2. The lowest BCUT2D eigenvalue weighted by molar-refractivity contribution is -0.137. The van der Waals surface area contributed by atoms with Gasteiger partial charge < -0.3 is 24.8 Å². The summed E-state index contributed by atoms with van der Waals surface area (Å²) < 4.78 is 11.7. The van der Waals surface area contributed by atoms with Crippen LogP contribution in [-0.2, 0) is 11.2 Å². The maximum Gasteiger partial charge on any atom is 0.317 e. The van der Waals surface area contributed by atoms with Gasteiger partial charge in [0.05, 0.1) is 19.3 Å². The number of hydrogen-bond acceptors (Lipinski definition) is 4. The van der Waals surface area contributed by atoms with Crippen molar-refractivity contribution in [2.75, 3.05) is 26.3 Å². The van der Waals surface area contributed by atoms with Crippen LogP contribution in [-0.4, -0.2) is 48.3 Å². The third-order valence-corrected chi connectivity index (χ3v) is 5.95. The van der Waals surface area contributed by atoms with Crippen molar-refractivity contribution in [1.82, 2.24) is 10.2 Å². The van der Waals surface area contributed by atoms with Crippen LogP contribution in [0.1, 0.15) is 69.2 Å². The molecule has 0 saturated heterocycles. The van der Waals surface area contributed by atoms with E-state index in [9.17, 15) is 9.59 Å². The number of urea groups is 1. The number of ether oxygens (including phenoxy) is 2. The van der Waals surface area contributed by atoms with Crippen molar-refractivity contribution < 1.29 is 24.2 Å². The molecule has 7 nitrogen and oxygen atoms in total. The Balaban J connectivity index is 2.17. The SMILES string of the molecule is CCOc1cc([C@@H](C)N(CCCCc2ccccc2)C(=O)NCCCC(=O)O)cc(OCC)c1C. The molecule has 0 bridgehead atoms. The number of unbranched alkanes of at least 4 members (excludes halogenated alkanes) is 1. The number of carboxylic acid groups (broad SMARTS) is 1. The summed E-state index contributed by atoms with van der Waals surface area (Å²) in [5.41, 5.74) is 3.16. The molecule has 7 heteroatoms. The van der Waals surface area contributed by atoms with Gasteiger partial charge >= 0.3 is 12.0 Å². The van der Waals surface area contributed by atoms with Gasteiger partial charge in [-0.1, -0.05) is 30.3 Å². The molecule has 0 spiro atoms. The first-order chi connectivity index (χ1) is 16.9. The number of nitrogens with one attached hydrogen (secondary N) is 1. The van der Waals surface area contributed by atoms with E-state index >= 15 is 0 Å². The van der Waals surface area contributed by atoms with E-state index in [1.807, 2.05) is 62.9 Å². The molecule has 0 fully saturated rings. The summed E-state index contributed by atoms with van der Waals surface area (Å²) in [6.45, 7) is 9.85. The molecule has 192 valence electrons. The quantitative estimate of drug-likeness (QED) is 0.314. The van der Waals surface area contributed by atoms with Gasteiger partial charge in [-0.15, -0.1) is 0 Å². The highest BCUT2D eigenvalue weighted by atomic mass is 16.5. The van der Waals surface area contributed by atoms with Crippen LogP contribution in [0, 0.1) is 6.92 Å². The lowest BCUT2D eigenvalue weighted by Crippen LogP contribution is -2.42. The minimum Gasteiger partial charge on any atom is -0.493 e. The molecule has 0 aliphatic heterocycles. The Morgan fingerprint density at radius 1 is 1.00 bits per heavy atom. The summed E-state index contributed by atoms with van der Waals surface area (Å²) in [7, 11) is 0. The molecule has 2 rings (SSSR count). The molecule has 0 saturated carbocycles. The molecule has 0 radical (unpaired) electrons. The molecule has 0 aromatic heterocycles. The summed E-state index contributed by atoms with van der Waals surface area (Å²) in [6.07, 6.45) is 3.19. The Hall–Kier alpha value is -3.22. The molecule has 0 aliphatic carbocycles. The monoisotopic (exact) mass is 484 g/mol. The van der Waals surface area contributed by atoms with Crippen LogP contribution in [0.4, 0.5) is 4.79 Å². The first kappa shape index (κ1) is 28.0. The number of aryl methyl sites for hydroxylation is 1. The zero-order valence-electron chi connectivity index (χ0n) is 21.5. The van der Waals surface area contributed by atoms with E-state index in [1.54, 1.807) is 0 Å². The number of aliphatic carboxylic acids is 1. The summed E-state index contributed by atoms with van der Waals surface area (Å²) in [5, 5.41) is 11.8. The summed E-state index contributed by atoms with van der Waals surface area (Å²) >= 11 is 0. The second kappa shape index (κ2) is 14.9. The fourth-order valence-electron chi connectivity index (χ4n) is 3.98. The van der Waals surface area contributed by atoms with Crippen LogP contribution in [0.5, 0.6) is 11.5 Å². The van der Waals surface area contributed by atoms with E-state index in [4.69, 9.17) is 14.6 Å². The van der Waals surface area contributed by atoms with Crippen LogP contribution in [0.3, 0.4) is 0 Å². The van der Waals surface area contributed by atoms with Crippen molar-refractivity contribution in [3.05, 3.63) is 59.2 Å². The minimum atomic E-state index is -0.864. The highest BCUT2D eigenvalue weighted by molar-refractivity contribution is 5.75. The molecule has 2 aromatic rings. The topological polar surface area (TPSA) is 88.1 Å². The number of nitrogens with zero attached hydrogens (tertiary/aromatic N) is 1. The maximum atomic E-state index is 13.2. The van der Waals surface area contributed by atoms with Crippen molar-refractivity contribution in [3.8, 4) is 11.5 Å². The number of benzene rings is 2. The van der Waals surface area contributed by atoms with Crippen LogP contribution in [0.2, 0.25) is 0 Å². The van der Waals surface area contributed by atoms with Gasteiger partial charge in [-0.25, -0.2) is 4.79 Å². The largest absolute Gasteiger partial charge is 0.493 e. The van der Waals surface area contributed by atoms with Gasteiger partial charge in [0.15, 0.2) is 0 Å². The third-order valence-electron chi connectivity index (χ3n) is 5.95. The maximum absolute atomic E-state index is 13.2. The molecule has 0 aliphatic rings. The van der Waals surface area contributed by atoms with Crippen LogP contribution < -0.4 is 14.8 Å². The molecule has 35 heavy (non-hydrogen) atoms. The average Bonchev–Trinajstić information content (AvgIpc) is 2.84. The fourth-order valence-corrected chi connectivity index (χ4v) is 3.98. The van der Waals surface area contributed by atoms with Crippen molar-refractivity contribution in [1.29, 1.82) is 0 Å². The summed E-state index contributed by atoms with van der Waals surface area (Å²) in [4.78, 5) is 25.8. The smallest absolute Gasteiger partial charge is 0.317 e. The van der Waals surface area contributed by atoms with Gasteiger partial charge in [0.25, 0.3) is 0 Å². The number of amides is 2. The zero-order valence-corrected chi connectivity index (χ0v) is 21.5. The van der Waals surface area contributed by atoms with E-state index in [0.29, 0.717) is 32.7 Å². The van der Waals surface area contributed by atoms with Gasteiger partial charge in [-0.2, -0.15) is 0 Å². The predicted octanol–water partition coefficient (Wildman–Crippen LogP) is 5.75. The van der Waals surface area contributed by atoms with Gasteiger partial charge in [0.1, 0.15) is 11.5 Å². The van der Waals surface area contributed by atoms with Gasteiger partial charge in [0, 0.05) is 25.1 Å². The number of carboxylic acids is 1. The first-order valence-corrected chi connectivity index (χ1v) is 12.6. The van der Waals surface area contributed by atoms with Crippen molar-refractivity contribution in [2.45, 2.75) is 65.8 Å². The van der Waals surface area contributed by atoms with Gasteiger partial charge in [-0.05, 0) is 76.6 Å². The van der Waals surface area contributed by atoms with Crippen LogP contribution >= 0.6 is 0 Å². The second-order valence-electron chi connectivity index (χ2n) is 8.55. The Morgan fingerprint density at radius 2 is 1.63 bits per heavy atom. The van der Waals surface area contributed by atoms with Gasteiger partial charge in [0.2, 0.25) is 0 Å². The molecule has 1 atom stereocenters. The zero-order chi connectivity index (χ0) is 25.6. The number of hydrogen-bond donors (Lipinski definition) is 2. The molecule has 0 unspecified atom stereocenters. The number of rotatable bonds is 15. The Morgan fingerprint density at radius 3 is 2.20 bits per heavy atom. The lowest BCUT2D eigenvalue weighted by atomic mass is 10.0. The summed E-state index contributed by atoms with van der Waals surface area (Å²) in [6, 6.07) is 13.9. The Bertz CT molecular complexity index is 905. The van der Waals surface area contributed by atoms with E-state index in [1.165, 1.54) is 5.56 Å². The first-order valence-electron chi connectivity index (χ1n) is 12.6. The molecular formula is C28H40N2O5. The standard InChI is InChI=1S/C28H40N2O5/c1-5-34-25-19-24(20-26(21(25)3)35-6-2)22(4)30(28(33)29-17-12-16-27(31)32)18-11-10-15-23-13-8-7-9-14-23/h7-9,13-14,19-20,22H,5-6,10-12,15-18H2,1-4H3,(H,29,33)(H,31,32)/t22-/m1/s1. The second-order valence-corrected chi connectivity index (χ2v) is 8.55. The summed E-state index contributed by atoms with van der Waals surface area (Å²) in [5.74, 6) is 0.648. The molecule has 2 aromatic carbocycles. The fraction of sp³-hybridized carbons (Fsp3) is 0.500. The van der Waals surface area contributed by atoms with E-state index in [0.717, 1.165) is 41.9 Å².